The van der Waals surface area contributed by atoms with Gasteiger partial charge in [-0.3, -0.25) is 14.5 Å². The zero-order valence-electron chi connectivity index (χ0n) is 21.9. The van der Waals surface area contributed by atoms with Crippen molar-refractivity contribution < 1.29 is 18.7 Å². The van der Waals surface area contributed by atoms with Gasteiger partial charge < -0.3 is 10.1 Å². The summed E-state index contributed by atoms with van der Waals surface area (Å²) < 4.78 is 22.3. The molecule has 0 saturated carbocycles. The van der Waals surface area contributed by atoms with Crippen LogP contribution in [0.2, 0.25) is 0 Å². The number of rotatable bonds is 10. The third kappa shape index (κ3) is 5.83. The minimum Gasteiger partial charge on any atom is -0.494 e. The Morgan fingerprint density at radius 2 is 1.62 bits per heavy atom. The number of para-hydroxylation sites is 1. The molecule has 0 radical (unpaired) electrons. The van der Waals surface area contributed by atoms with E-state index in [1.165, 1.54) is 21.7 Å². The average molecular weight is 538 g/mol. The molecule has 1 aromatic heterocycles. The molecular formula is C31H28FN5O3. The molecule has 0 spiro atoms. The van der Waals surface area contributed by atoms with E-state index in [4.69, 9.17) is 4.74 Å². The molecule has 0 bridgehead atoms. The molecule has 40 heavy (non-hydrogen) atoms. The number of carbonyl (C=O) groups is 2. The Morgan fingerprint density at radius 3 is 2.38 bits per heavy atom. The summed E-state index contributed by atoms with van der Waals surface area (Å²) in [4.78, 5) is 29.2. The number of anilines is 1. The van der Waals surface area contributed by atoms with Crippen LogP contribution in [0.5, 0.6) is 5.75 Å². The lowest BCUT2D eigenvalue weighted by atomic mass is 10.0. The highest BCUT2D eigenvalue weighted by molar-refractivity contribution is 6.01. The van der Waals surface area contributed by atoms with Gasteiger partial charge in [0.15, 0.2) is 0 Å². The number of nitrogens with one attached hydrogen (secondary N) is 1. The number of nitrogens with zero attached hydrogens (tertiary/aromatic N) is 4. The molecule has 1 N–H and O–H groups in total. The second-order valence-corrected chi connectivity index (χ2v) is 9.05. The Morgan fingerprint density at radius 1 is 0.925 bits per heavy atom. The van der Waals surface area contributed by atoms with Crippen LogP contribution >= 0.6 is 0 Å². The Bertz CT molecular complexity index is 1600. The van der Waals surface area contributed by atoms with Crippen LogP contribution < -0.4 is 15.0 Å². The highest BCUT2D eigenvalue weighted by Gasteiger charge is 2.35. The fourth-order valence-electron chi connectivity index (χ4n) is 4.52. The van der Waals surface area contributed by atoms with Gasteiger partial charge in [0.1, 0.15) is 29.7 Å². The van der Waals surface area contributed by atoms with Gasteiger partial charge in [-0.05, 0) is 55.0 Å². The molecule has 8 nitrogen and oxygen atoms in total. The maximum Gasteiger partial charge on any atom is 0.249 e. The molecular weight excluding hydrogens is 509 g/mol. The van der Waals surface area contributed by atoms with Crippen LogP contribution in [0.4, 0.5) is 10.1 Å². The van der Waals surface area contributed by atoms with Gasteiger partial charge in [0.05, 0.1) is 12.1 Å². The lowest BCUT2D eigenvalue weighted by Crippen LogP contribution is -2.45. The molecule has 5 aromatic rings. The Kier molecular flexibility index (Phi) is 8.10. The largest absolute Gasteiger partial charge is 0.494 e. The summed E-state index contributed by atoms with van der Waals surface area (Å²) in [6, 6.07) is 28.1. The summed E-state index contributed by atoms with van der Waals surface area (Å²) in [7, 11) is 0. The topological polar surface area (TPSA) is 89.3 Å². The van der Waals surface area contributed by atoms with Crippen molar-refractivity contribution in [2.45, 2.75) is 26.1 Å². The van der Waals surface area contributed by atoms with Crippen molar-refractivity contribution in [3.8, 4) is 5.75 Å². The molecule has 1 heterocycles. The number of ether oxygens (including phenoxy) is 1. The van der Waals surface area contributed by atoms with Crippen molar-refractivity contribution in [1.29, 1.82) is 0 Å². The van der Waals surface area contributed by atoms with Gasteiger partial charge in [-0.1, -0.05) is 65.9 Å². The molecule has 9 heteroatoms. The summed E-state index contributed by atoms with van der Waals surface area (Å²) in [6.07, 6.45) is 0. The highest BCUT2D eigenvalue weighted by Crippen LogP contribution is 2.31. The van der Waals surface area contributed by atoms with Gasteiger partial charge in [0.25, 0.3) is 0 Å². The standard InChI is InChI=1S/C31H28FN5O3/c1-2-40-24-18-16-23(17-19-24)37(29(38)21-36-28-15-9-8-14-27(28)34-35-36)30(25-12-6-7-13-26(25)32)31(39)33-20-22-10-4-3-5-11-22/h3-19,30H,2,20-21H2,1H3,(H,33,39)/t30-/m1/s1. The van der Waals surface area contributed by atoms with Crippen molar-refractivity contribution >= 4 is 28.5 Å². The Balaban J connectivity index is 1.56. The van der Waals surface area contributed by atoms with E-state index in [1.54, 1.807) is 42.5 Å². The normalized spacial score (nSPS) is 11.7. The first-order valence-electron chi connectivity index (χ1n) is 12.9. The molecule has 0 aliphatic rings. The van der Waals surface area contributed by atoms with Crippen molar-refractivity contribution in [3.63, 3.8) is 0 Å². The second kappa shape index (κ2) is 12.2. The van der Waals surface area contributed by atoms with E-state index < -0.39 is 23.7 Å². The zero-order valence-corrected chi connectivity index (χ0v) is 21.9. The zero-order chi connectivity index (χ0) is 27.9. The smallest absolute Gasteiger partial charge is 0.249 e. The number of hydrogen-bond donors (Lipinski definition) is 1. The van der Waals surface area contributed by atoms with E-state index in [0.29, 0.717) is 29.1 Å². The maximum absolute atomic E-state index is 15.3. The van der Waals surface area contributed by atoms with Gasteiger partial charge >= 0.3 is 0 Å². The molecule has 0 aliphatic carbocycles. The molecule has 1 atom stereocenters. The summed E-state index contributed by atoms with van der Waals surface area (Å²) in [5, 5.41) is 11.2. The summed E-state index contributed by atoms with van der Waals surface area (Å²) >= 11 is 0. The lowest BCUT2D eigenvalue weighted by molar-refractivity contribution is -0.127. The van der Waals surface area contributed by atoms with Crippen molar-refractivity contribution in [3.05, 3.63) is 120 Å². The van der Waals surface area contributed by atoms with Gasteiger partial charge in [0, 0.05) is 17.8 Å². The second-order valence-electron chi connectivity index (χ2n) is 9.05. The van der Waals surface area contributed by atoms with Crippen LogP contribution in [-0.2, 0) is 22.7 Å². The van der Waals surface area contributed by atoms with Gasteiger partial charge in [0.2, 0.25) is 11.8 Å². The van der Waals surface area contributed by atoms with E-state index in [0.717, 1.165) is 5.56 Å². The van der Waals surface area contributed by atoms with E-state index in [1.807, 2.05) is 55.5 Å². The first-order chi connectivity index (χ1) is 19.5. The fraction of sp³-hybridized carbons (Fsp3) is 0.161. The van der Waals surface area contributed by atoms with Gasteiger partial charge in [-0.2, -0.15) is 0 Å². The fourth-order valence-corrected chi connectivity index (χ4v) is 4.52. The number of amides is 2. The van der Waals surface area contributed by atoms with Crippen LogP contribution in [0.3, 0.4) is 0 Å². The van der Waals surface area contributed by atoms with Crippen molar-refractivity contribution in [2.75, 3.05) is 11.5 Å². The van der Waals surface area contributed by atoms with E-state index >= 15 is 4.39 Å². The number of aromatic nitrogens is 3. The quantitative estimate of drug-likeness (QED) is 0.269. The van der Waals surface area contributed by atoms with E-state index in [9.17, 15) is 9.59 Å². The molecule has 4 aromatic carbocycles. The van der Waals surface area contributed by atoms with Gasteiger partial charge in [-0.25, -0.2) is 9.07 Å². The first-order valence-corrected chi connectivity index (χ1v) is 12.9. The third-order valence-corrected chi connectivity index (χ3v) is 6.42. The van der Waals surface area contributed by atoms with E-state index in [-0.39, 0.29) is 18.7 Å². The van der Waals surface area contributed by atoms with Crippen LogP contribution in [0, 0.1) is 5.82 Å². The number of carbonyl (C=O) groups excluding carboxylic acids is 2. The Hall–Kier alpha value is -5.05. The van der Waals surface area contributed by atoms with Crippen LogP contribution in [0.25, 0.3) is 11.0 Å². The van der Waals surface area contributed by atoms with Crippen LogP contribution in [0.1, 0.15) is 24.1 Å². The number of fused-ring (bicyclic) bond motifs is 1. The SMILES string of the molecule is CCOc1ccc(N(C(=O)Cn2nnc3ccccc32)[C@@H](C(=O)NCc2ccccc2)c2ccccc2F)cc1. The third-order valence-electron chi connectivity index (χ3n) is 6.42. The van der Waals surface area contributed by atoms with Crippen molar-refractivity contribution in [1.82, 2.24) is 20.3 Å². The molecule has 0 unspecified atom stereocenters. The van der Waals surface area contributed by atoms with Gasteiger partial charge in [-0.15, -0.1) is 5.10 Å². The maximum atomic E-state index is 15.3. The molecule has 0 fully saturated rings. The van der Waals surface area contributed by atoms with Crippen molar-refractivity contribution in [2.24, 2.45) is 0 Å². The van der Waals surface area contributed by atoms with Crippen LogP contribution in [0.15, 0.2) is 103 Å². The average Bonchev–Trinajstić information content (AvgIpc) is 3.39. The monoisotopic (exact) mass is 537 g/mol. The van der Waals surface area contributed by atoms with Crippen LogP contribution in [-0.4, -0.2) is 33.4 Å². The first kappa shape index (κ1) is 26.6. The highest BCUT2D eigenvalue weighted by atomic mass is 19.1. The molecule has 5 rings (SSSR count). The number of halogens is 1. The summed E-state index contributed by atoms with van der Waals surface area (Å²) in [6.45, 7) is 2.34. The number of benzene rings is 4. The predicted molar refractivity (Wildman–Crippen MR) is 150 cm³/mol. The molecule has 0 saturated heterocycles. The minimum absolute atomic E-state index is 0.0683. The molecule has 2 amide bonds. The van der Waals surface area contributed by atoms with E-state index in [2.05, 4.69) is 15.6 Å². The molecule has 202 valence electrons. The lowest BCUT2D eigenvalue weighted by Gasteiger charge is -2.32. The number of hydrogen-bond acceptors (Lipinski definition) is 5. The molecule has 0 aliphatic heterocycles. The summed E-state index contributed by atoms with van der Waals surface area (Å²) in [5.74, 6) is -0.989. The predicted octanol–water partition coefficient (Wildman–Crippen LogP) is 5.06. The summed E-state index contributed by atoms with van der Waals surface area (Å²) in [5.41, 5.74) is 2.64. The Labute approximate surface area is 231 Å². The minimum atomic E-state index is -1.30.